The third-order valence-corrected chi connectivity index (χ3v) is 7.23. The Balaban J connectivity index is 1.19. The number of anilines is 1. The highest BCUT2D eigenvalue weighted by molar-refractivity contribution is 6.30. The average molecular weight is 440 g/mol. The van der Waals surface area contributed by atoms with Crippen LogP contribution in [0.2, 0.25) is 5.02 Å². The Morgan fingerprint density at radius 1 is 1.03 bits per heavy atom. The van der Waals surface area contributed by atoms with Gasteiger partial charge in [-0.25, -0.2) is 0 Å². The van der Waals surface area contributed by atoms with Crippen LogP contribution in [-0.4, -0.2) is 63.3 Å². The number of hydrogen-bond donors (Lipinski definition) is 1. The Kier molecular flexibility index (Phi) is 6.02. The quantitative estimate of drug-likeness (QED) is 0.640. The van der Waals surface area contributed by atoms with E-state index in [4.69, 9.17) is 16.3 Å². The van der Waals surface area contributed by atoms with Crippen LogP contribution in [0.1, 0.15) is 29.9 Å². The fourth-order valence-corrected chi connectivity index (χ4v) is 5.36. The second-order valence-corrected chi connectivity index (χ2v) is 9.25. The molecule has 2 fully saturated rings. The summed E-state index contributed by atoms with van der Waals surface area (Å²) < 4.78 is 5.40. The van der Waals surface area contributed by atoms with Gasteiger partial charge in [-0.3, -0.25) is 9.69 Å². The van der Waals surface area contributed by atoms with E-state index < -0.39 is 0 Å². The van der Waals surface area contributed by atoms with Crippen LogP contribution >= 0.6 is 11.6 Å². The Morgan fingerprint density at radius 2 is 1.81 bits per heavy atom. The average Bonchev–Trinajstić information content (AvgIpc) is 3.51. The molecule has 5 nitrogen and oxygen atoms in total. The molecule has 2 atom stereocenters. The molecule has 1 spiro atoms. The Labute approximate surface area is 189 Å². The number of fused-ring (bicyclic) bond motifs is 2. The lowest BCUT2D eigenvalue weighted by Gasteiger charge is -2.26. The standard InChI is InChI=1S/C25H30ClN3O2/c26-20-8-6-19(7-9-20)22-18-25(22)21-4-1-2-5-23(21)29(24(25)30)13-11-27-10-3-12-28-14-16-31-17-15-28/h1-2,4-9,22,27H,3,10-18H2/t22-,25?/m1/s1. The van der Waals surface area contributed by atoms with Crippen molar-refractivity contribution in [2.45, 2.75) is 24.2 Å². The predicted molar refractivity (Wildman–Crippen MR) is 124 cm³/mol. The molecule has 2 heterocycles. The number of nitrogens with one attached hydrogen (secondary N) is 1. The molecule has 2 aromatic rings. The highest BCUT2D eigenvalue weighted by atomic mass is 35.5. The Bertz CT molecular complexity index is 929. The van der Waals surface area contributed by atoms with Crippen molar-refractivity contribution in [1.82, 2.24) is 10.2 Å². The molecule has 1 saturated heterocycles. The molecule has 1 N–H and O–H groups in total. The van der Waals surface area contributed by atoms with Gasteiger partial charge in [0.25, 0.3) is 0 Å². The molecule has 1 unspecified atom stereocenters. The van der Waals surface area contributed by atoms with Gasteiger partial charge in [0.05, 0.1) is 18.6 Å². The number of nitrogens with zero attached hydrogens (tertiary/aromatic N) is 2. The van der Waals surface area contributed by atoms with E-state index in [0.717, 1.165) is 69.5 Å². The van der Waals surface area contributed by atoms with Gasteiger partial charge in [-0.1, -0.05) is 41.9 Å². The van der Waals surface area contributed by atoms with Crippen molar-refractivity contribution in [2.75, 3.05) is 57.4 Å². The maximum Gasteiger partial charge on any atom is 0.238 e. The van der Waals surface area contributed by atoms with Gasteiger partial charge in [0.2, 0.25) is 5.91 Å². The molecule has 0 aromatic heterocycles. The smallest absolute Gasteiger partial charge is 0.238 e. The number of para-hydroxylation sites is 1. The van der Waals surface area contributed by atoms with Gasteiger partial charge in [0, 0.05) is 42.8 Å². The van der Waals surface area contributed by atoms with E-state index in [-0.39, 0.29) is 17.2 Å². The van der Waals surface area contributed by atoms with Crippen LogP contribution in [-0.2, 0) is 14.9 Å². The molecular formula is C25H30ClN3O2. The lowest BCUT2D eigenvalue weighted by molar-refractivity contribution is -0.120. The van der Waals surface area contributed by atoms with Crippen LogP contribution in [0.25, 0.3) is 0 Å². The summed E-state index contributed by atoms with van der Waals surface area (Å²) in [6.07, 6.45) is 2.00. The maximum atomic E-state index is 13.6. The molecule has 2 aliphatic heterocycles. The molecule has 1 saturated carbocycles. The Hall–Kier alpha value is -1.92. The van der Waals surface area contributed by atoms with Gasteiger partial charge < -0.3 is 15.0 Å². The summed E-state index contributed by atoms with van der Waals surface area (Å²) in [5.41, 5.74) is 3.09. The molecule has 1 amide bonds. The molecule has 0 radical (unpaired) electrons. The summed E-state index contributed by atoms with van der Waals surface area (Å²) in [5.74, 6) is 0.494. The summed E-state index contributed by atoms with van der Waals surface area (Å²) in [6.45, 7) is 7.37. The highest BCUT2D eigenvalue weighted by Crippen LogP contribution is 2.66. The lowest BCUT2D eigenvalue weighted by Crippen LogP contribution is -2.39. The minimum absolute atomic E-state index is 0.241. The predicted octanol–water partition coefficient (Wildman–Crippen LogP) is 3.42. The van der Waals surface area contributed by atoms with E-state index in [0.29, 0.717) is 6.54 Å². The first-order valence-corrected chi connectivity index (χ1v) is 11.8. The first-order chi connectivity index (χ1) is 15.2. The molecule has 31 heavy (non-hydrogen) atoms. The zero-order valence-electron chi connectivity index (χ0n) is 17.9. The molecule has 164 valence electrons. The van der Waals surface area contributed by atoms with Gasteiger partial charge in [0.1, 0.15) is 0 Å². The summed E-state index contributed by atoms with van der Waals surface area (Å²) in [7, 11) is 0. The fourth-order valence-electron chi connectivity index (χ4n) is 5.24. The van der Waals surface area contributed by atoms with Gasteiger partial charge in [0.15, 0.2) is 0 Å². The van der Waals surface area contributed by atoms with E-state index in [2.05, 4.69) is 40.5 Å². The molecular weight excluding hydrogens is 410 g/mol. The van der Waals surface area contributed by atoms with Gasteiger partial charge in [-0.15, -0.1) is 0 Å². The number of benzene rings is 2. The van der Waals surface area contributed by atoms with E-state index in [1.54, 1.807) is 0 Å². The first-order valence-electron chi connectivity index (χ1n) is 11.4. The number of hydrogen-bond acceptors (Lipinski definition) is 4. The van der Waals surface area contributed by atoms with Crippen molar-refractivity contribution in [3.8, 4) is 0 Å². The van der Waals surface area contributed by atoms with Gasteiger partial charge >= 0.3 is 0 Å². The van der Waals surface area contributed by atoms with Crippen LogP contribution in [0.5, 0.6) is 0 Å². The SMILES string of the molecule is O=C1N(CCNCCCN2CCOCC2)c2ccccc2C12C[C@@H]2c1ccc(Cl)cc1. The van der Waals surface area contributed by atoms with Crippen molar-refractivity contribution < 1.29 is 9.53 Å². The zero-order valence-corrected chi connectivity index (χ0v) is 18.6. The van der Waals surface area contributed by atoms with Crippen LogP contribution in [0.3, 0.4) is 0 Å². The van der Waals surface area contributed by atoms with Crippen molar-refractivity contribution in [3.05, 3.63) is 64.7 Å². The number of halogens is 1. The summed E-state index contributed by atoms with van der Waals surface area (Å²) in [4.78, 5) is 18.0. The van der Waals surface area contributed by atoms with Gasteiger partial charge in [-0.2, -0.15) is 0 Å². The van der Waals surface area contributed by atoms with E-state index in [1.807, 2.05) is 23.1 Å². The normalized spacial score (nSPS) is 25.3. The maximum absolute atomic E-state index is 13.6. The minimum Gasteiger partial charge on any atom is -0.379 e. The van der Waals surface area contributed by atoms with Crippen LogP contribution in [0.15, 0.2) is 48.5 Å². The first kappa shape index (κ1) is 21.0. The summed E-state index contributed by atoms with van der Waals surface area (Å²) in [6, 6.07) is 16.3. The number of amides is 1. The monoisotopic (exact) mass is 439 g/mol. The number of carbonyl (C=O) groups is 1. The summed E-state index contributed by atoms with van der Waals surface area (Å²) >= 11 is 6.07. The molecule has 1 aliphatic carbocycles. The third kappa shape index (κ3) is 4.00. The minimum atomic E-state index is -0.388. The third-order valence-electron chi connectivity index (χ3n) is 6.98. The second kappa shape index (κ2) is 8.91. The van der Waals surface area contributed by atoms with Crippen LogP contribution in [0, 0.1) is 0 Å². The van der Waals surface area contributed by atoms with Gasteiger partial charge in [-0.05, 0) is 55.3 Å². The molecule has 2 aromatic carbocycles. The van der Waals surface area contributed by atoms with E-state index in [1.165, 1.54) is 11.1 Å². The Morgan fingerprint density at radius 3 is 2.61 bits per heavy atom. The van der Waals surface area contributed by atoms with Crippen molar-refractivity contribution in [2.24, 2.45) is 0 Å². The van der Waals surface area contributed by atoms with Crippen molar-refractivity contribution >= 4 is 23.2 Å². The molecule has 0 bridgehead atoms. The molecule has 5 rings (SSSR count). The molecule has 6 heteroatoms. The van der Waals surface area contributed by atoms with Crippen molar-refractivity contribution in [1.29, 1.82) is 0 Å². The van der Waals surface area contributed by atoms with Crippen LogP contribution < -0.4 is 10.2 Å². The highest BCUT2D eigenvalue weighted by Gasteiger charge is 2.66. The summed E-state index contributed by atoms with van der Waals surface area (Å²) in [5, 5.41) is 4.27. The number of morpholine rings is 1. The number of rotatable bonds is 8. The topological polar surface area (TPSA) is 44.8 Å². The number of ether oxygens (including phenoxy) is 1. The second-order valence-electron chi connectivity index (χ2n) is 8.81. The largest absolute Gasteiger partial charge is 0.379 e. The zero-order chi connectivity index (χ0) is 21.3. The molecule has 3 aliphatic rings. The fraction of sp³-hybridized carbons (Fsp3) is 0.480. The lowest BCUT2D eigenvalue weighted by atomic mass is 9.92. The van der Waals surface area contributed by atoms with E-state index in [9.17, 15) is 4.79 Å². The van der Waals surface area contributed by atoms with Crippen molar-refractivity contribution in [3.63, 3.8) is 0 Å². The number of carbonyl (C=O) groups excluding carboxylic acids is 1. The van der Waals surface area contributed by atoms with E-state index >= 15 is 0 Å². The van der Waals surface area contributed by atoms with Crippen LogP contribution in [0.4, 0.5) is 5.69 Å².